The molecule has 1 N–H and O–H groups in total. The van der Waals surface area contributed by atoms with Crippen molar-refractivity contribution in [2.45, 2.75) is 13.0 Å². The van der Waals surface area contributed by atoms with Crippen LogP contribution in [0.1, 0.15) is 5.69 Å². The molecule has 2 aromatic heterocycles. The molecule has 0 aliphatic rings. The van der Waals surface area contributed by atoms with Gasteiger partial charge in [-0.1, -0.05) is 0 Å². The minimum absolute atomic E-state index is 0.0126. The molecule has 1 unspecified atom stereocenters. The maximum atomic E-state index is 5.42. The number of terminal acetylenes is 1. The number of H-pyrrole nitrogens is 1. The van der Waals surface area contributed by atoms with E-state index in [9.17, 15) is 0 Å². The molecule has 0 aliphatic carbocycles. The lowest BCUT2D eigenvalue weighted by molar-refractivity contribution is 0.484. The van der Waals surface area contributed by atoms with Crippen LogP contribution in [-0.2, 0) is 13.0 Å². The lowest BCUT2D eigenvalue weighted by Crippen LogP contribution is -2.12. The van der Waals surface area contributed by atoms with Gasteiger partial charge in [-0.15, -0.1) is 17.4 Å². The van der Waals surface area contributed by atoms with Gasteiger partial charge >= 0.3 is 0 Å². The minimum atomic E-state index is 0.0126. The summed E-state index contributed by atoms with van der Waals surface area (Å²) < 4.78 is 1.60. The van der Waals surface area contributed by atoms with Gasteiger partial charge in [0.05, 0.1) is 18.4 Å². The summed E-state index contributed by atoms with van der Waals surface area (Å²) in [6.07, 6.45) is 9.27. The molecule has 0 bridgehead atoms. The summed E-state index contributed by atoms with van der Waals surface area (Å²) in [4.78, 5) is 0. The van der Waals surface area contributed by atoms with Crippen LogP contribution >= 0.6 is 0 Å². The summed E-state index contributed by atoms with van der Waals surface area (Å²) in [7, 11) is 0. The average Bonchev–Trinajstić information content (AvgIpc) is 2.89. The largest absolute Gasteiger partial charge is 0.231 e. The molecule has 0 aromatic carbocycles. The number of tetrazole rings is 1. The molecule has 0 fully saturated rings. The molecular weight excluding hydrogens is 194 g/mol. The monoisotopic (exact) mass is 203 g/mol. The van der Waals surface area contributed by atoms with Crippen LogP contribution in [0.15, 0.2) is 12.5 Å². The van der Waals surface area contributed by atoms with Crippen LogP contribution < -0.4 is 0 Å². The first-order chi connectivity index (χ1) is 7.38. The first kappa shape index (κ1) is 9.33. The highest BCUT2D eigenvalue weighted by Gasteiger charge is 2.09. The van der Waals surface area contributed by atoms with Crippen molar-refractivity contribution < 1.29 is 0 Å². The normalized spacial score (nSPS) is 12.2. The molecule has 7 heteroatoms. The van der Waals surface area contributed by atoms with Crippen LogP contribution in [0.5, 0.6) is 0 Å². The van der Waals surface area contributed by atoms with E-state index >= 15 is 0 Å². The molecule has 2 heterocycles. The van der Waals surface area contributed by atoms with E-state index in [1.807, 2.05) is 0 Å². The number of rotatable bonds is 4. The molecule has 7 nitrogen and oxygen atoms in total. The number of hydrogen-bond acceptors (Lipinski definition) is 5. The Kier molecular flexibility index (Phi) is 2.69. The van der Waals surface area contributed by atoms with Crippen LogP contribution in [0.3, 0.4) is 0 Å². The van der Waals surface area contributed by atoms with Gasteiger partial charge in [0.2, 0.25) is 0 Å². The van der Waals surface area contributed by atoms with Crippen molar-refractivity contribution in [3.05, 3.63) is 18.2 Å². The van der Waals surface area contributed by atoms with E-state index in [0.717, 1.165) is 5.69 Å². The second-order valence-electron chi connectivity index (χ2n) is 3.06. The molecular formula is C8H9N7. The highest BCUT2D eigenvalue weighted by Crippen LogP contribution is 2.05. The topological polar surface area (TPSA) is 85.2 Å². The zero-order chi connectivity index (χ0) is 10.5. The van der Waals surface area contributed by atoms with Crippen molar-refractivity contribution >= 4 is 0 Å². The van der Waals surface area contributed by atoms with Crippen molar-refractivity contribution in [1.29, 1.82) is 0 Å². The molecule has 0 spiro atoms. The Morgan fingerprint density at radius 3 is 3.13 bits per heavy atom. The fourth-order valence-electron chi connectivity index (χ4n) is 1.24. The number of nitrogens with zero attached hydrogens (tertiary/aromatic N) is 6. The third-order valence-electron chi connectivity index (χ3n) is 1.96. The highest BCUT2D eigenvalue weighted by molar-refractivity contribution is 5.01. The molecule has 0 saturated heterocycles. The maximum Gasteiger partial charge on any atom is 0.138 e. The van der Waals surface area contributed by atoms with Crippen LogP contribution in [0, 0.1) is 18.3 Å². The summed E-state index contributed by atoms with van der Waals surface area (Å²) in [5.41, 5.74) is 0.839. The molecule has 1 atom stereocenters. The quantitative estimate of drug-likeness (QED) is 0.663. The predicted octanol–water partition coefficient (Wildman–Crippen LogP) is -0.717. The van der Waals surface area contributed by atoms with Crippen molar-refractivity contribution in [2.75, 3.05) is 0 Å². The predicted molar refractivity (Wildman–Crippen MR) is 50.2 cm³/mol. The van der Waals surface area contributed by atoms with Gasteiger partial charge in [0, 0.05) is 12.3 Å². The third-order valence-corrected chi connectivity index (χ3v) is 1.96. The summed E-state index contributed by atoms with van der Waals surface area (Å²) >= 11 is 0. The van der Waals surface area contributed by atoms with Crippen LogP contribution in [-0.4, -0.2) is 35.6 Å². The Labute approximate surface area is 85.9 Å². The van der Waals surface area contributed by atoms with Gasteiger partial charge < -0.3 is 0 Å². The number of hydrogen-bond donors (Lipinski definition) is 1. The lowest BCUT2D eigenvalue weighted by atomic mass is 10.1. The van der Waals surface area contributed by atoms with E-state index in [2.05, 4.69) is 36.9 Å². The fourth-order valence-corrected chi connectivity index (χ4v) is 1.24. The van der Waals surface area contributed by atoms with Gasteiger partial charge in [-0.2, -0.15) is 15.4 Å². The van der Waals surface area contributed by atoms with E-state index in [-0.39, 0.29) is 5.92 Å². The van der Waals surface area contributed by atoms with Gasteiger partial charge in [-0.25, -0.2) is 4.68 Å². The van der Waals surface area contributed by atoms with Crippen LogP contribution in [0.25, 0.3) is 0 Å². The van der Waals surface area contributed by atoms with Crippen LogP contribution in [0.2, 0.25) is 0 Å². The Hall–Kier alpha value is -2.23. The summed E-state index contributed by atoms with van der Waals surface area (Å²) in [6.45, 7) is 0.580. The van der Waals surface area contributed by atoms with Crippen molar-refractivity contribution in [1.82, 2.24) is 35.6 Å². The molecule has 2 rings (SSSR count). The second kappa shape index (κ2) is 4.32. The SMILES string of the molecule is C#CC(Cc1cn[nH]n1)Cn1cnnn1. The second-order valence-corrected chi connectivity index (χ2v) is 3.06. The van der Waals surface area contributed by atoms with Crippen molar-refractivity contribution in [3.63, 3.8) is 0 Å². The molecule has 0 aliphatic heterocycles. The Morgan fingerprint density at radius 1 is 1.60 bits per heavy atom. The summed E-state index contributed by atoms with van der Waals surface area (Å²) in [5, 5.41) is 21.0. The first-order valence-electron chi connectivity index (χ1n) is 4.40. The van der Waals surface area contributed by atoms with Gasteiger partial charge in [0.25, 0.3) is 0 Å². The van der Waals surface area contributed by atoms with E-state index < -0.39 is 0 Å². The van der Waals surface area contributed by atoms with E-state index in [1.165, 1.54) is 6.33 Å². The lowest BCUT2D eigenvalue weighted by Gasteiger charge is -2.06. The van der Waals surface area contributed by atoms with E-state index in [4.69, 9.17) is 6.42 Å². The van der Waals surface area contributed by atoms with Crippen molar-refractivity contribution in [2.24, 2.45) is 5.92 Å². The zero-order valence-corrected chi connectivity index (χ0v) is 7.91. The zero-order valence-electron chi connectivity index (χ0n) is 7.91. The molecule has 2 aromatic rings. The standard InChI is InChI=1S/C8H9N7/c1-2-7(3-8-4-9-12-11-8)5-15-6-10-13-14-15/h1,4,6-7H,3,5H2,(H,9,11,12). The van der Waals surface area contributed by atoms with Gasteiger partial charge in [0.1, 0.15) is 6.33 Å². The van der Waals surface area contributed by atoms with E-state index in [0.29, 0.717) is 13.0 Å². The average molecular weight is 203 g/mol. The van der Waals surface area contributed by atoms with Gasteiger partial charge in [0.15, 0.2) is 0 Å². The fraction of sp³-hybridized carbons (Fsp3) is 0.375. The number of nitrogens with one attached hydrogen (secondary N) is 1. The molecule has 15 heavy (non-hydrogen) atoms. The third kappa shape index (κ3) is 2.37. The molecule has 76 valence electrons. The summed E-state index contributed by atoms with van der Waals surface area (Å²) in [5.74, 6) is 2.69. The molecule has 0 radical (unpaired) electrons. The van der Waals surface area contributed by atoms with E-state index in [1.54, 1.807) is 10.9 Å². The first-order valence-corrected chi connectivity index (χ1v) is 4.40. The minimum Gasteiger partial charge on any atom is -0.231 e. The van der Waals surface area contributed by atoms with Crippen molar-refractivity contribution in [3.8, 4) is 12.3 Å². The number of aromatic amines is 1. The summed E-state index contributed by atoms with van der Waals surface area (Å²) in [6, 6.07) is 0. The Bertz CT molecular complexity index is 388. The molecule has 0 saturated carbocycles. The number of aromatic nitrogens is 7. The molecule has 0 amide bonds. The Balaban J connectivity index is 1.97. The highest BCUT2D eigenvalue weighted by atomic mass is 15.5. The maximum absolute atomic E-state index is 5.42. The Morgan fingerprint density at radius 2 is 2.53 bits per heavy atom. The van der Waals surface area contributed by atoms with Gasteiger partial charge in [-0.05, 0) is 10.4 Å². The van der Waals surface area contributed by atoms with Crippen LogP contribution in [0.4, 0.5) is 0 Å². The van der Waals surface area contributed by atoms with Gasteiger partial charge in [-0.3, -0.25) is 0 Å². The smallest absolute Gasteiger partial charge is 0.138 e.